The quantitative estimate of drug-likeness (QED) is 0.851. The molecule has 5 nitrogen and oxygen atoms in total. The summed E-state index contributed by atoms with van der Waals surface area (Å²) in [6.07, 6.45) is 1.58. The van der Waals surface area contributed by atoms with Crippen LogP contribution in [0.3, 0.4) is 0 Å². The highest BCUT2D eigenvalue weighted by molar-refractivity contribution is 5.92. The van der Waals surface area contributed by atoms with Gasteiger partial charge >= 0.3 is 0 Å². The minimum Gasteiger partial charge on any atom is -0.368 e. The summed E-state index contributed by atoms with van der Waals surface area (Å²) in [7, 11) is 0. The van der Waals surface area contributed by atoms with E-state index < -0.39 is 0 Å². The average molecular weight is 296 g/mol. The highest BCUT2D eigenvalue weighted by Gasteiger charge is 2.23. The molecule has 2 aromatic rings. The minimum atomic E-state index is -0.0336. The number of piperazine rings is 1. The number of aromatic nitrogens is 2. The van der Waals surface area contributed by atoms with Gasteiger partial charge in [0.2, 0.25) is 0 Å². The minimum absolute atomic E-state index is 0.0336. The summed E-state index contributed by atoms with van der Waals surface area (Å²) in [5.41, 5.74) is 4.31. The van der Waals surface area contributed by atoms with Crippen LogP contribution in [0.15, 0.2) is 36.5 Å². The molecule has 0 aliphatic carbocycles. The topological polar surface area (TPSA) is 49.3 Å². The molecule has 5 heteroatoms. The maximum Gasteiger partial charge on any atom is 0.274 e. The fourth-order valence-electron chi connectivity index (χ4n) is 2.81. The Hall–Kier alpha value is -2.43. The van der Waals surface area contributed by atoms with Crippen molar-refractivity contribution in [3.8, 4) is 0 Å². The number of carbonyl (C=O) groups is 1. The van der Waals surface area contributed by atoms with Gasteiger partial charge in [-0.15, -0.1) is 5.10 Å². The third-order valence-electron chi connectivity index (χ3n) is 4.28. The molecule has 114 valence electrons. The lowest BCUT2D eigenvalue weighted by molar-refractivity contribution is 0.0739. The van der Waals surface area contributed by atoms with Crippen LogP contribution >= 0.6 is 0 Å². The van der Waals surface area contributed by atoms with Crippen molar-refractivity contribution in [3.05, 3.63) is 53.3 Å². The van der Waals surface area contributed by atoms with E-state index in [0.717, 1.165) is 13.1 Å². The molecule has 0 spiro atoms. The van der Waals surface area contributed by atoms with Gasteiger partial charge < -0.3 is 9.80 Å². The lowest BCUT2D eigenvalue weighted by atomic mass is 10.1. The Morgan fingerprint density at radius 2 is 1.82 bits per heavy atom. The summed E-state index contributed by atoms with van der Waals surface area (Å²) in [4.78, 5) is 16.6. The smallest absolute Gasteiger partial charge is 0.274 e. The molecule has 0 saturated carbocycles. The largest absolute Gasteiger partial charge is 0.368 e. The molecule has 1 fully saturated rings. The summed E-state index contributed by atoms with van der Waals surface area (Å²) in [5, 5.41) is 7.68. The zero-order valence-corrected chi connectivity index (χ0v) is 13.0. The van der Waals surface area contributed by atoms with Gasteiger partial charge in [-0.05, 0) is 43.2 Å². The molecule has 1 aliphatic heterocycles. The number of rotatable bonds is 2. The number of aryl methyl sites for hydroxylation is 1. The first-order valence-electron chi connectivity index (χ1n) is 7.55. The SMILES string of the molecule is Cc1cccc(N2CCN(C(=O)c3cccnn3)CC2)c1C. The van der Waals surface area contributed by atoms with Crippen LogP contribution in [0.4, 0.5) is 5.69 Å². The monoisotopic (exact) mass is 296 g/mol. The van der Waals surface area contributed by atoms with Crippen LogP contribution in [0.1, 0.15) is 21.6 Å². The molecule has 3 rings (SSSR count). The average Bonchev–Trinajstić information content (AvgIpc) is 2.58. The highest BCUT2D eigenvalue weighted by Crippen LogP contribution is 2.24. The molecule has 1 amide bonds. The van der Waals surface area contributed by atoms with Crippen molar-refractivity contribution in [2.75, 3.05) is 31.1 Å². The number of benzene rings is 1. The first-order chi connectivity index (χ1) is 10.7. The number of nitrogens with zero attached hydrogens (tertiary/aromatic N) is 4. The molecule has 0 radical (unpaired) electrons. The zero-order chi connectivity index (χ0) is 15.5. The van der Waals surface area contributed by atoms with Crippen LogP contribution in [0.2, 0.25) is 0 Å². The summed E-state index contributed by atoms with van der Waals surface area (Å²) in [6.45, 7) is 7.40. The number of amides is 1. The second-order valence-corrected chi connectivity index (χ2v) is 5.61. The second kappa shape index (κ2) is 6.13. The van der Waals surface area contributed by atoms with Crippen LogP contribution < -0.4 is 4.90 Å². The molecule has 1 aromatic carbocycles. The molecular weight excluding hydrogens is 276 g/mol. The molecule has 0 bridgehead atoms. The number of hydrogen-bond donors (Lipinski definition) is 0. The van der Waals surface area contributed by atoms with E-state index in [-0.39, 0.29) is 5.91 Å². The van der Waals surface area contributed by atoms with Crippen molar-refractivity contribution in [1.29, 1.82) is 0 Å². The van der Waals surface area contributed by atoms with Crippen molar-refractivity contribution in [3.63, 3.8) is 0 Å². The van der Waals surface area contributed by atoms with Crippen LogP contribution in [-0.2, 0) is 0 Å². The van der Waals surface area contributed by atoms with Crippen LogP contribution in [-0.4, -0.2) is 47.2 Å². The predicted molar refractivity (Wildman–Crippen MR) is 86.1 cm³/mol. The Balaban J connectivity index is 1.68. The van der Waals surface area contributed by atoms with Gasteiger partial charge in [-0.1, -0.05) is 12.1 Å². The number of hydrogen-bond acceptors (Lipinski definition) is 4. The van der Waals surface area contributed by atoms with E-state index in [1.807, 2.05) is 4.90 Å². The van der Waals surface area contributed by atoms with E-state index in [4.69, 9.17) is 0 Å². The molecule has 22 heavy (non-hydrogen) atoms. The van der Waals surface area contributed by atoms with E-state index in [0.29, 0.717) is 18.8 Å². The molecular formula is C17H20N4O. The summed E-state index contributed by atoms with van der Waals surface area (Å²) >= 11 is 0. The first-order valence-corrected chi connectivity index (χ1v) is 7.55. The Morgan fingerprint density at radius 1 is 1.05 bits per heavy atom. The lowest BCUT2D eigenvalue weighted by Gasteiger charge is -2.36. The van der Waals surface area contributed by atoms with Crippen molar-refractivity contribution in [2.24, 2.45) is 0 Å². The molecule has 0 atom stereocenters. The molecule has 1 aromatic heterocycles. The third-order valence-corrected chi connectivity index (χ3v) is 4.28. The van der Waals surface area contributed by atoms with Gasteiger partial charge in [0, 0.05) is 38.1 Å². The Labute approximate surface area is 130 Å². The van der Waals surface area contributed by atoms with Gasteiger partial charge in [0.25, 0.3) is 5.91 Å². The molecule has 0 N–H and O–H groups in total. The fourth-order valence-corrected chi connectivity index (χ4v) is 2.81. The molecule has 1 saturated heterocycles. The van der Waals surface area contributed by atoms with Gasteiger partial charge in [-0.25, -0.2) is 0 Å². The molecule has 1 aliphatic rings. The molecule has 2 heterocycles. The van der Waals surface area contributed by atoms with Crippen molar-refractivity contribution >= 4 is 11.6 Å². The standard InChI is InChI=1S/C17H20N4O/c1-13-5-3-7-16(14(13)2)20-9-11-21(12-10-20)17(22)15-6-4-8-18-19-15/h3-8H,9-12H2,1-2H3. The van der Waals surface area contributed by atoms with Crippen LogP contribution in [0, 0.1) is 13.8 Å². The Bertz CT molecular complexity index is 664. The van der Waals surface area contributed by atoms with Gasteiger partial charge in [0.15, 0.2) is 5.69 Å². The Morgan fingerprint density at radius 3 is 2.50 bits per heavy atom. The van der Waals surface area contributed by atoms with E-state index in [1.165, 1.54) is 16.8 Å². The summed E-state index contributed by atoms with van der Waals surface area (Å²) in [6, 6.07) is 9.84. The number of carbonyl (C=O) groups excluding carboxylic acids is 1. The van der Waals surface area contributed by atoms with Gasteiger partial charge in [-0.3, -0.25) is 4.79 Å². The Kier molecular flexibility index (Phi) is 4.04. The van der Waals surface area contributed by atoms with Crippen LogP contribution in [0.5, 0.6) is 0 Å². The number of anilines is 1. The van der Waals surface area contributed by atoms with Gasteiger partial charge in [-0.2, -0.15) is 5.10 Å². The van der Waals surface area contributed by atoms with Gasteiger partial charge in [0.1, 0.15) is 0 Å². The van der Waals surface area contributed by atoms with Gasteiger partial charge in [0.05, 0.1) is 0 Å². The predicted octanol–water partition coefficient (Wildman–Crippen LogP) is 2.06. The van der Waals surface area contributed by atoms with E-state index in [1.54, 1.807) is 18.3 Å². The summed E-state index contributed by atoms with van der Waals surface area (Å²) in [5.74, 6) is -0.0336. The van der Waals surface area contributed by atoms with E-state index >= 15 is 0 Å². The summed E-state index contributed by atoms with van der Waals surface area (Å²) < 4.78 is 0. The maximum absolute atomic E-state index is 12.4. The second-order valence-electron chi connectivity index (χ2n) is 5.61. The van der Waals surface area contributed by atoms with Crippen molar-refractivity contribution in [1.82, 2.24) is 15.1 Å². The maximum atomic E-state index is 12.4. The normalized spacial score (nSPS) is 15.0. The van der Waals surface area contributed by atoms with Crippen molar-refractivity contribution < 1.29 is 4.79 Å². The fraction of sp³-hybridized carbons (Fsp3) is 0.353. The zero-order valence-electron chi connectivity index (χ0n) is 13.0. The van der Waals surface area contributed by atoms with E-state index in [9.17, 15) is 4.79 Å². The first kappa shape index (κ1) is 14.5. The van der Waals surface area contributed by atoms with Crippen molar-refractivity contribution in [2.45, 2.75) is 13.8 Å². The highest BCUT2D eigenvalue weighted by atomic mass is 16.2. The molecule has 0 unspecified atom stereocenters. The third kappa shape index (κ3) is 2.79. The van der Waals surface area contributed by atoms with E-state index in [2.05, 4.69) is 47.1 Å². The lowest BCUT2D eigenvalue weighted by Crippen LogP contribution is -2.49. The van der Waals surface area contributed by atoms with Crippen LogP contribution in [0.25, 0.3) is 0 Å².